The van der Waals surface area contributed by atoms with Gasteiger partial charge in [-0.15, -0.1) is 0 Å². The molecule has 1 N–H and O–H groups in total. The summed E-state index contributed by atoms with van der Waals surface area (Å²) in [6.45, 7) is -1.19. The Labute approximate surface area is 130 Å². The van der Waals surface area contributed by atoms with Crippen LogP contribution in [0.15, 0.2) is 30.3 Å². The van der Waals surface area contributed by atoms with Gasteiger partial charge in [-0.05, 0) is 12.0 Å². The Balaban J connectivity index is 2.23. The number of carbonyl (C=O) groups excluding carboxylic acids is 1. The topological polar surface area (TPSA) is 66.8 Å². The highest BCUT2D eigenvalue weighted by Crippen LogP contribution is 2.46. The lowest BCUT2D eigenvalue weighted by Gasteiger charge is -2.28. The van der Waals surface area contributed by atoms with E-state index in [4.69, 9.17) is 9.84 Å². The van der Waals surface area contributed by atoms with Gasteiger partial charge in [0.25, 0.3) is 5.91 Å². The molecule has 1 fully saturated rings. The highest BCUT2D eigenvalue weighted by atomic mass is 19.4. The maximum Gasteiger partial charge on any atom is 0.406 e. The van der Waals surface area contributed by atoms with Gasteiger partial charge in [-0.1, -0.05) is 30.3 Å². The van der Waals surface area contributed by atoms with Gasteiger partial charge in [0.05, 0.1) is 0 Å². The normalized spacial score (nSPS) is 22.9. The Bertz CT molecular complexity index is 590. The number of alkyl halides is 3. The zero-order valence-corrected chi connectivity index (χ0v) is 12.3. The van der Waals surface area contributed by atoms with Crippen molar-refractivity contribution in [2.75, 3.05) is 20.2 Å². The summed E-state index contributed by atoms with van der Waals surface area (Å²) in [6.07, 6.45) is -6.65. The molecule has 1 unspecified atom stereocenters. The van der Waals surface area contributed by atoms with Crippen LogP contribution in [-0.2, 0) is 14.3 Å². The van der Waals surface area contributed by atoms with Crippen LogP contribution in [-0.4, -0.2) is 48.3 Å². The Morgan fingerprint density at radius 1 is 1.30 bits per heavy atom. The van der Waals surface area contributed by atoms with E-state index in [1.165, 1.54) is 7.11 Å². The Morgan fingerprint density at radius 2 is 1.91 bits per heavy atom. The number of halogens is 3. The number of benzene rings is 1. The largest absolute Gasteiger partial charge is 0.481 e. The van der Waals surface area contributed by atoms with Crippen LogP contribution in [0.5, 0.6) is 0 Å². The summed E-state index contributed by atoms with van der Waals surface area (Å²) in [4.78, 5) is 24.5. The molecule has 2 atom stereocenters. The Morgan fingerprint density at radius 3 is 2.35 bits per heavy atom. The fraction of sp³-hybridized carbons (Fsp3) is 0.467. The zero-order chi connectivity index (χ0) is 17.3. The summed E-state index contributed by atoms with van der Waals surface area (Å²) in [6, 6.07) is 8.33. The van der Waals surface area contributed by atoms with E-state index in [0.29, 0.717) is 5.56 Å². The molecule has 1 amide bonds. The quantitative estimate of drug-likeness (QED) is 0.919. The third-order valence-corrected chi connectivity index (χ3v) is 4.10. The molecule has 0 radical (unpaired) electrons. The third-order valence-electron chi connectivity index (χ3n) is 4.10. The van der Waals surface area contributed by atoms with Gasteiger partial charge in [-0.25, -0.2) is 0 Å². The van der Waals surface area contributed by atoms with Crippen LogP contribution in [0.4, 0.5) is 13.2 Å². The molecular weight excluding hydrogens is 315 g/mol. The van der Waals surface area contributed by atoms with Crippen molar-refractivity contribution in [2.24, 2.45) is 5.41 Å². The van der Waals surface area contributed by atoms with Crippen LogP contribution in [0.1, 0.15) is 18.1 Å². The van der Waals surface area contributed by atoms with Gasteiger partial charge < -0.3 is 14.7 Å². The van der Waals surface area contributed by atoms with E-state index < -0.39 is 42.5 Å². The van der Waals surface area contributed by atoms with Gasteiger partial charge in [0.15, 0.2) is 11.5 Å². The molecule has 1 aliphatic rings. The predicted molar refractivity (Wildman–Crippen MR) is 73.5 cm³/mol. The van der Waals surface area contributed by atoms with Crippen molar-refractivity contribution in [1.29, 1.82) is 0 Å². The minimum Gasteiger partial charge on any atom is -0.481 e. The number of amides is 1. The number of likely N-dealkylation sites (tertiary alicyclic amines) is 1. The molecule has 0 spiro atoms. The minimum absolute atomic E-state index is 0.280. The molecule has 2 rings (SSSR count). The number of aliphatic carboxylic acids is 1. The molecule has 0 aromatic heterocycles. The summed E-state index contributed by atoms with van der Waals surface area (Å²) in [7, 11) is 1.28. The number of methoxy groups -OCH3 is 1. The molecular formula is C15H16F3NO4. The first-order valence-corrected chi connectivity index (χ1v) is 6.89. The van der Waals surface area contributed by atoms with Crippen molar-refractivity contribution in [3.8, 4) is 0 Å². The van der Waals surface area contributed by atoms with Crippen LogP contribution >= 0.6 is 0 Å². The van der Waals surface area contributed by atoms with E-state index in [1.54, 1.807) is 30.3 Å². The van der Waals surface area contributed by atoms with Gasteiger partial charge >= 0.3 is 12.1 Å². The molecule has 126 valence electrons. The summed E-state index contributed by atoms with van der Waals surface area (Å²) in [5, 5.41) is 9.02. The molecule has 1 saturated heterocycles. The first-order valence-electron chi connectivity index (χ1n) is 6.89. The Hall–Kier alpha value is -2.09. The van der Waals surface area contributed by atoms with Crippen molar-refractivity contribution in [2.45, 2.75) is 18.7 Å². The van der Waals surface area contributed by atoms with E-state index >= 15 is 0 Å². The summed E-state index contributed by atoms with van der Waals surface area (Å²) >= 11 is 0. The molecule has 0 saturated carbocycles. The summed E-state index contributed by atoms with van der Waals surface area (Å²) < 4.78 is 44.6. The van der Waals surface area contributed by atoms with Crippen molar-refractivity contribution < 1.29 is 32.6 Å². The van der Waals surface area contributed by atoms with Gasteiger partial charge in [-0.2, -0.15) is 13.2 Å². The van der Waals surface area contributed by atoms with Crippen molar-refractivity contribution in [1.82, 2.24) is 4.90 Å². The lowest BCUT2D eigenvalue weighted by Crippen LogP contribution is -2.48. The van der Waals surface area contributed by atoms with Crippen LogP contribution < -0.4 is 0 Å². The molecule has 0 bridgehead atoms. The van der Waals surface area contributed by atoms with Crippen molar-refractivity contribution >= 4 is 11.9 Å². The number of nitrogens with zero attached hydrogens (tertiary/aromatic N) is 1. The monoisotopic (exact) mass is 331 g/mol. The average Bonchev–Trinajstić information content (AvgIpc) is 2.95. The van der Waals surface area contributed by atoms with E-state index in [1.807, 2.05) is 0 Å². The fourth-order valence-electron chi connectivity index (χ4n) is 2.70. The third kappa shape index (κ3) is 3.03. The van der Waals surface area contributed by atoms with Gasteiger partial charge in [-0.3, -0.25) is 9.59 Å². The standard InChI is InChI=1S/C15H16F3NO4/c1-23-11(10-5-3-2-4-6-10)12(20)19-8-7-14(9-19,13(21)22)15(16,17)18/h2-6,11H,7-9H2,1H3,(H,21,22)/t11-,14?/m1/s1. The maximum atomic E-state index is 13.2. The first kappa shape index (κ1) is 17.3. The number of carbonyl (C=O) groups is 2. The second-order valence-corrected chi connectivity index (χ2v) is 5.42. The minimum atomic E-state index is -4.93. The van der Waals surface area contributed by atoms with Crippen molar-refractivity contribution in [3.05, 3.63) is 35.9 Å². The van der Waals surface area contributed by atoms with E-state index in [0.717, 1.165) is 4.90 Å². The number of hydrogen-bond donors (Lipinski definition) is 1. The number of hydrogen-bond acceptors (Lipinski definition) is 3. The van der Waals surface area contributed by atoms with Crippen molar-refractivity contribution in [3.63, 3.8) is 0 Å². The van der Waals surface area contributed by atoms with E-state index in [2.05, 4.69) is 0 Å². The van der Waals surface area contributed by atoms with E-state index in [-0.39, 0.29) is 6.54 Å². The molecule has 1 heterocycles. The highest BCUT2D eigenvalue weighted by Gasteiger charge is 2.64. The lowest BCUT2D eigenvalue weighted by molar-refractivity contribution is -0.227. The second kappa shape index (κ2) is 6.19. The Kier molecular flexibility index (Phi) is 4.65. The molecule has 23 heavy (non-hydrogen) atoms. The van der Waals surface area contributed by atoms with Crippen LogP contribution in [0.2, 0.25) is 0 Å². The number of carboxylic acids is 1. The number of carboxylic acid groups (broad SMARTS) is 1. The van der Waals surface area contributed by atoms with Gasteiger partial charge in [0.1, 0.15) is 0 Å². The molecule has 0 aliphatic carbocycles. The van der Waals surface area contributed by atoms with Crippen LogP contribution in [0, 0.1) is 5.41 Å². The average molecular weight is 331 g/mol. The zero-order valence-electron chi connectivity index (χ0n) is 12.3. The van der Waals surface area contributed by atoms with Gasteiger partial charge in [0.2, 0.25) is 0 Å². The number of ether oxygens (including phenoxy) is 1. The fourth-order valence-corrected chi connectivity index (χ4v) is 2.70. The smallest absolute Gasteiger partial charge is 0.406 e. The molecule has 5 nitrogen and oxygen atoms in total. The maximum absolute atomic E-state index is 13.2. The lowest BCUT2D eigenvalue weighted by atomic mass is 9.86. The van der Waals surface area contributed by atoms with Crippen LogP contribution in [0.25, 0.3) is 0 Å². The van der Waals surface area contributed by atoms with Gasteiger partial charge in [0, 0.05) is 20.2 Å². The second-order valence-electron chi connectivity index (χ2n) is 5.42. The number of rotatable bonds is 4. The van der Waals surface area contributed by atoms with E-state index in [9.17, 15) is 22.8 Å². The van der Waals surface area contributed by atoms with Crippen LogP contribution in [0.3, 0.4) is 0 Å². The molecule has 1 aromatic rings. The molecule has 1 aromatic carbocycles. The molecule has 8 heteroatoms. The highest BCUT2D eigenvalue weighted by molar-refractivity contribution is 5.85. The SMILES string of the molecule is CO[C@@H](C(=O)N1CCC(C(=O)O)(C(F)(F)F)C1)c1ccccc1. The molecule has 1 aliphatic heterocycles. The summed E-state index contributed by atoms with van der Waals surface area (Å²) in [5.74, 6) is -2.64. The first-order chi connectivity index (χ1) is 10.7. The summed E-state index contributed by atoms with van der Waals surface area (Å²) in [5.41, 5.74) is -2.42. The predicted octanol–water partition coefficient (Wildman–Crippen LogP) is 2.24.